The summed E-state index contributed by atoms with van der Waals surface area (Å²) in [6, 6.07) is -3.34. The summed E-state index contributed by atoms with van der Waals surface area (Å²) < 4.78 is 27.8. The molecular formula is C10H15F2N4O4+. The van der Waals surface area contributed by atoms with Crippen LogP contribution in [-0.4, -0.2) is 43.7 Å². The highest BCUT2D eigenvalue weighted by molar-refractivity contribution is 5.89. The van der Waals surface area contributed by atoms with E-state index in [9.17, 15) is 24.0 Å². The van der Waals surface area contributed by atoms with Crippen LogP contribution in [0.25, 0.3) is 0 Å². The number of fused-ring (bicyclic) bond motifs is 1. The van der Waals surface area contributed by atoms with Crippen LogP contribution in [0.4, 0.5) is 14.5 Å². The van der Waals surface area contributed by atoms with Gasteiger partial charge in [-0.05, 0) is 12.0 Å². The maximum absolute atomic E-state index is 13.3. The van der Waals surface area contributed by atoms with Crippen LogP contribution in [0, 0.1) is 0 Å². The third-order valence-electron chi connectivity index (χ3n) is 3.12. The third kappa shape index (κ3) is 2.39. The highest BCUT2D eigenvalue weighted by atomic mass is 19.3. The zero-order chi connectivity index (χ0) is 15.3. The molecule has 1 aromatic heterocycles. The molecule has 4 N–H and O–H groups in total. The number of aryl methyl sites for hydroxylation is 1. The first-order valence-corrected chi connectivity index (χ1v) is 5.74. The molecule has 112 valence electrons. The summed E-state index contributed by atoms with van der Waals surface area (Å²) >= 11 is 0. The monoisotopic (exact) mass is 293 g/mol. The van der Waals surface area contributed by atoms with Gasteiger partial charge in [0.25, 0.3) is 0 Å². The van der Waals surface area contributed by atoms with Gasteiger partial charge in [-0.15, -0.1) is 5.01 Å². The van der Waals surface area contributed by atoms with Crippen molar-refractivity contribution in [2.75, 3.05) is 6.54 Å². The quantitative estimate of drug-likeness (QED) is 0.473. The number of hydrogen-bond donors (Lipinski definition) is 4. The van der Waals surface area contributed by atoms with E-state index in [0.29, 0.717) is 11.9 Å². The molecule has 0 atom stereocenters. The van der Waals surface area contributed by atoms with E-state index in [1.165, 1.54) is 17.8 Å². The molecule has 0 amide bonds. The molecule has 0 bridgehead atoms. The topological polar surface area (TPSA) is 98.0 Å². The van der Waals surface area contributed by atoms with Gasteiger partial charge in [-0.3, -0.25) is 0 Å². The van der Waals surface area contributed by atoms with Gasteiger partial charge >= 0.3 is 12.0 Å². The normalized spacial score (nSPS) is 19.5. The highest BCUT2D eigenvalue weighted by Gasteiger charge is 2.46. The molecule has 1 aliphatic heterocycles. The summed E-state index contributed by atoms with van der Waals surface area (Å²) in [6.45, 7) is 0.302. The molecule has 0 saturated carbocycles. The number of nitrogens with zero attached hydrogens (tertiary/aromatic N) is 3. The average molecular weight is 293 g/mol. The van der Waals surface area contributed by atoms with Crippen molar-refractivity contribution in [3.05, 3.63) is 17.5 Å². The standard InChI is InChI=1S/C10H14F2N4O4/c1-10(11,12)15-4-3-6-7(16(19,20)13-15)5-14(2)8(6)9(17)18/h5,13,19-20H,3-4H2,1-2H3/p+1. The summed E-state index contributed by atoms with van der Waals surface area (Å²) in [6.07, 6.45) is 1.10. The fourth-order valence-electron chi connectivity index (χ4n) is 2.24. The zero-order valence-corrected chi connectivity index (χ0v) is 10.8. The molecule has 0 unspecified atom stereocenters. The van der Waals surface area contributed by atoms with E-state index >= 15 is 0 Å². The third-order valence-corrected chi connectivity index (χ3v) is 3.12. The lowest BCUT2D eigenvalue weighted by molar-refractivity contribution is -0.373. The molecule has 20 heavy (non-hydrogen) atoms. The van der Waals surface area contributed by atoms with E-state index in [0.717, 1.165) is 0 Å². The number of aromatic nitrogens is 1. The number of alkyl halides is 2. The Balaban J connectivity index is 2.51. The molecule has 0 aliphatic carbocycles. The van der Waals surface area contributed by atoms with Gasteiger partial charge in [0, 0.05) is 20.5 Å². The Labute approximate surface area is 112 Å². The van der Waals surface area contributed by atoms with E-state index in [-0.39, 0.29) is 29.9 Å². The number of carboxylic acid groups (broad SMARTS) is 1. The second-order valence-electron chi connectivity index (χ2n) is 4.70. The number of quaternary nitrogens is 1. The average Bonchev–Trinajstić information content (AvgIpc) is 2.54. The van der Waals surface area contributed by atoms with Crippen LogP contribution >= 0.6 is 0 Å². The van der Waals surface area contributed by atoms with Crippen LogP contribution < -0.4 is 10.5 Å². The van der Waals surface area contributed by atoms with Gasteiger partial charge in [0.1, 0.15) is 5.69 Å². The van der Waals surface area contributed by atoms with Gasteiger partial charge in [0.05, 0.1) is 16.7 Å². The number of rotatable bonds is 2. The largest absolute Gasteiger partial charge is 0.477 e. The van der Waals surface area contributed by atoms with Crippen molar-refractivity contribution >= 4 is 11.7 Å². The van der Waals surface area contributed by atoms with E-state index in [1.54, 1.807) is 0 Å². The number of hydrogen-bond acceptors (Lipinski definition) is 5. The molecule has 2 rings (SSSR count). The van der Waals surface area contributed by atoms with Crippen LogP contribution in [0.2, 0.25) is 0 Å². The Kier molecular flexibility index (Phi) is 3.31. The molecule has 0 fully saturated rings. The number of nitrogens with one attached hydrogen (secondary N) is 1. The molecule has 0 saturated heterocycles. The molecule has 1 aliphatic rings. The SMILES string of the molecule is Cn1cc2c(c1C(=O)O)CCN(C(C)(F)F)N[N+]2(O)O. The Hall–Kier alpha value is -1.59. The molecule has 8 nitrogen and oxygen atoms in total. The summed E-state index contributed by atoms with van der Waals surface area (Å²) in [5, 5.41) is 29.2. The molecule has 0 spiro atoms. The van der Waals surface area contributed by atoms with Crippen LogP contribution in [0.15, 0.2) is 6.20 Å². The minimum Gasteiger partial charge on any atom is -0.477 e. The Morgan fingerprint density at radius 1 is 1.50 bits per heavy atom. The van der Waals surface area contributed by atoms with E-state index in [4.69, 9.17) is 5.11 Å². The number of halogens is 2. The lowest BCUT2D eigenvalue weighted by Crippen LogP contribution is -2.64. The first-order chi connectivity index (χ1) is 9.04. The molecule has 0 radical (unpaired) electrons. The first kappa shape index (κ1) is 14.8. The van der Waals surface area contributed by atoms with Gasteiger partial charge in [0.15, 0.2) is 0 Å². The minimum atomic E-state index is -3.34. The van der Waals surface area contributed by atoms with E-state index < -0.39 is 16.9 Å². The lowest BCUT2D eigenvalue weighted by Gasteiger charge is -2.29. The molecule has 1 aromatic rings. The first-order valence-electron chi connectivity index (χ1n) is 5.74. The number of aromatic carboxylic acids is 1. The number of hydrazine groups is 1. The summed E-state index contributed by atoms with van der Waals surface area (Å²) in [4.78, 5) is 9.14. The Morgan fingerprint density at radius 3 is 2.60 bits per heavy atom. The van der Waals surface area contributed by atoms with E-state index in [1.807, 2.05) is 5.53 Å². The maximum Gasteiger partial charge on any atom is 0.353 e. The second kappa shape index (κ2) is 4.46. The Morgan fingerprint density at radius 2 is 2.10 bits per heavy atom. The van der Waals surface area contributed by atoms with Gasteiger partial charge < -0.3 is 9.67 Å². The fraction of sp³-hybridized carbons (Fsp3) is 0.500. The fourth-order valence-corrected chi connectivity index (χ4v) is 2.24. The van der Waals surface area contributed by atoms with Gasteiger partial charge in [0.2, 0.25) is 5.69 Å². The van der Waals surface area contributed by atoms with Crippen molar-refractivity contribution in [3.63, 3.8) is 0 Å². The summed E-state index contributed by atoms with van der Waals surface area (Å²) in [5.74, 6) is -1.27. The van der Waals surface area contributed by atoms with Gasteiger partial charge in [-0.1, -0.05) is 0 Å². The van der Waals surface area contributed by atoms with E-state index in [2.05, 4.69) is 0 Å². The molecule has 0 aromatic carbocycles. The van der Waals surface area contributed by atoms with Crippen molar-refractivity contribution < 1.29 is 29.1 Å². The van der Waals surface area contributed by atoms with Crippen LogP contribution in [0.3, 0.4) is 0 Å². The second-order valence-corrected chi connectivity index (χ2v) is 4.70. The van der Waals surface area contributed by atoms with Crippen molar-refractivity contribution in [2.24, 2.45) is 7.05 Å². The van der Waals surface area contributed by atoms with Gasteiger partial charge in [-0.25, -0.2) is 4.79 Å². The minimum absolute atomic E-state index is 0.0741. The summed E-state index contributed by atoms with van der Waals surface area (Å²) in [7, 11) is 1.42. The van der Waals surface area contributed by atoms with Crippen LogP contribution in [-0.2, 0) is 13.5 Å². The Bertz CT molecular complexity index is 552. The molecule has 10 heteroatoms. The van der Waals surface area contributed by atoms with Gasteiger partial charge in [-0.2, -0.15) is 19.2 Å². The van der Waals surface area contributed by atoms with Crippen LogP contribution in [0.1, 0.15) is 23.0 Å². The lowest BCUT2D eigenvalue weighted by atomic mass is 10.1. The van der Waals surface area contributed by atoms with Crippen LogP contribution in [0.5, 0.6) is 0 Å². The number of carbonyl (C=O) groups is 1. The highest BCUT2D eigenvalue weighted by Crippen LogP contribution is 2.32. The molecule has 2 heterocycles. The van der Waals surface area contributed by atoms with Crippen molar-refractivity contribution in [1.82, 2.24) is 20.0 Å². The predicted octanol–water partition coefficient (Wildman–Crippen LogP) is 0.699. The van der Waals surface area contributed by atoms with Crippen molar-refractivity contribution in [2.45, 2.75) is 19.4 Å². The molecular weight excluding hydrogens is 278 g/mol. The smallest absolute Gasteiger partial charge is 0.353 e. The summed E-state index contributed by atoms with van der Waals surface area (Å²) in [5.41, 5.74) is 1.56. The number of carboxylic acids is 1. The van der Waals surface area contributed by atoms with Crippen molar-refractivity contribution in [1.29, 1.82) is 0 Å². The zero-order valence-electron chi connectivity index (χ0n) is 10.8. The maximum atomic E-state index is 13.3. The predicted molar refractivity (Wildman–Crippen MR) is 61.9 cm³/mol. The van der Waals surface area contributed by atoms with Crippen molar-refractivity contribution in [3.8, 4) is 0 Å².